The van der Waals surface area contributed by atoms with Gasteiger partial charge in [-0.25, -0.2) is 8.42 Å². The van der Waals surface area contributed by atoms with E-state index in [1.807, 2.05) is 18.7 Å². The van der Waals surface area contributed by atoms with Gasteiger partial charge in [0.25, 0.3) is 0 Å². The van der Waals surface area contributed by atoms with Crippen LogP contribution in [0.5, 0.6) is 0 Å². The molecule has 0 bridgehead atoms. The standard InChI is InChI=1S/C14H23N3O2S2/c1-10-11(2)20-6-5-17(10)21(18,19)14-7-13(8-15)16(9-14)12-3-4-12/h7,9-12H,3-6,8,15H2,1-2H3. The Labute approximate surface area is 130 Å². The molecule has 1 aliphatic heterocycles. The van der Waals surface area contributed by atoms with Gasteiger partial charge < -0.3 is 10.3 Å². The molecule has 3 rings (SSSR count). The van der Waals surface area contributed by atoms with Crippen molar-refractivity contribution in [3.05, 3.63) is 18.0 Å². The minimum absolute atomic E-state index is 0.0272. The quantitative estimate of drug-likeness (QED) is 0.914. The van der Waals surface area contributed by atoms with E-state index < -0.39 is 10.0 Å². The highest BCUT2D eigenvalue weighted by molar-refractivity contribution is 8.00. The van der Waals surface area contributed by atoms with Gasteiger partial charge in [0.15, 0.2) is 0 Å². The molecule has 2 aliphatic rings. The third-order valence-electron chi connectivity index (χ3n) is 4.49. The van der Waals surface area contributed by atoms with Crippen LogP contribution >= 0.6 is 11.8 Å². The molecule has 2 unspecified atom stereocenters. The molecule has 21 heavy (non-hydrogen) atoms. The summed E-state index contributed by atoms with van der Waals surface area (Å²) in [7, 11) is -3.42. The molecule has 1 aliphatic carbocycles. The van der Waals surface area contributed by atoms with Gasteiger partial charge in [0.2, 0.25) is 10.0 Å². The van der Waals surface area contributed by atoms with E-state index in [9.17, 15) is 8.42 Å². The number of thioether (sulfide) groups is 1. The summed E-state index contributed by atoms with van der Waals surface area (Å²) >= 11 is 1.84. The summed E-state index contributed by atoms with van der Waals surface area (Å²) in [5.74, 6) is 0.859. The first-order chi connectivity index (χ1) is 9.95. The highest BCUT2D eigenvalue weighted by Gasteiger charge is 2.36. The molecule has 1 aromatic rings. The summed E-state index contributed by atoms with van der Waals surface area (Å²) in [6.07, 6.45) is 4.03. The number of nitrogens with two attached hydrogens (primary N) is 1. The van der Waals surface area contributed by atoms with Crippen LogP contribution in [0.3, 0.4) is 0 Å². The van der Waals surface area contributed by atoms with Crippen LogP contribution in [-0.2, 0) is 16.6 Å². The van der Waals surface area contributed by atoms with E-state index in [1.165, 1.54) is 0 Å². The number of nitrogens with zero attached hydrogens (tertiary/aromatic N) is 2. The number of sulfonamides is 1. The zero-order valence-electron chi connectivity index (χ0n) is 12.5. The van der Waals surface area contributed by atoms with Crippen LogP contribution in [0.4, 0.5) is 0 Å². The van der Waals surface area contributed by atoms with Gasteiger partial charge in [-0.2, -0.15) is 16.1 Å². The molecule has 1 aromatic heterocycles. The van der Waals surface area contributed by atoms with Crippen LogP contribution in [0.1, 0.15) is 38.4 Å². The Morgan fingerprint density at radius 1 is 1.38 bits per heavy atom. The van der Waals surface area contributed by atoms with Crippen molar-refractivity contribution in [1.29, 1.82) is 0 Å². The van der Waals surface area contributed by atoms with Gasteiger partial charge in [-0.05, 0) is 25.8 Å². The lowest BCUT2D eigenvalue weighted by Gasteiger charge is -2.36. The van der Waals surface area contributed by atoms with Crippen molar-refractivity contribution in [2.45, 2.75) is 55.5 Å². The van der Waals surface area contributed by atoms with Crippen molar-refractivity contribution < 1.29 is 8.42 Å². The smallest absolute Gasteiger partial charge is 0.244 e. The monoisotopic (exact) mass is 329 g/mol. The first kappa shape index (κ1) is 15.4. The van der Waals surface area contributed by atoms with Crippen molar-refractivity contribution >= 4 is 21.8 Å². The molecule has 2 heterocycles. The van der Waals surface area contributed by atoms with E-state index in [1.54, 1.807) is 16.6 Å². The zero-order chi connectivity index (χ0) is 15.2. The SMILES string of the molecule is CC1SCCN(S(=O)(=O)c2cc(CN)n(C3CC3)c2)C1C. The molecular weight excluding hydrogens is 306 g/mol. The van der Waals surface area contributed by atoms with Gasteiger partial charge in [-0.3, -0.25) is 0 Å². The Bertz CT molecular complexity index is 622. The molecule has 7 heteroatoms. The largest absolute Gasteiger partial charge is 0.346 e. The molecule has 0 amide bonds. The van der Waals surface area contributed by atoms with Crippen LogP contribution in [-0.4, -0.2) is 40.9 Å². The van der Waals surface area contributed by atoms with E-state index >= 15 is 0 Å². The first-order valence-corrected chi connectivity index (χ1v) is 9.98. The molecule has 0 radical (unpaired) electrons. The maximum Gasteiger partial charge on any atom is 0.244 e. The Balaban J connectivity index is 1.94. The highest BCUT2D eigenvalue weighted by atomic mass is 32.2. The van der Waals surface area contributed by atoms with Crippen LogP contribution < -0.4 is 5.73 Å². The molecular formula is C14H23N3O2S2. The third-order valence-corrected chi connectivity index (χ3v) is 7.78. The van der Waals surface area contributed by atoms with Crippen molar-refractivity contribution in [3.63, 3.8) is 0 Å². The lowest BCUT2D eigenvalue weighted by molar-refractivity contribution is 0.340. The third kappa shape index (κ3) is 2.76. The van der Waals surface area contributed by atoms with Crippen molar-refractivity contribution in [2.24, 2.45) is 5.73 Å². The van der Waals surface area contributed by atoms with E-state index in [2.05, 4.69) is 11.5 Å². The minimum Gasteiger partial charge on any atom is -0.346 e. The number of hydrogen-bond donors (Lipinski definition) is 1. The fourth-order valence-electron chi connectivity index (χ4n) is 2.87. The van der Waals surface area contributed by atoms with E-state index in [-0.39, 0.29) is 6.04 Å². The van der Waals surface area contributed by atoms with Crippen LogP contribution in [0.25, 0.3) is 0 Å². The highest BCUT2D eigenvalue weighted by Crippen LogP contribution is 2.38. The lowest BCUT2D eigenvalue weighted by Crippen LogP contribution is -2.47. The second-order valence-corrected chi connectivity index (χ2v) is 9.32. The first-order valence-electron chi connectivity index (χ1n) is 7.49. The molecule has 2 N–H and O–H groups in total. The van der Waals surface area contributed by atoms with Gasteiger partial charge in [0, 0.05) is 48.1 Å². The van der Waals surface area contributed by atoms with Gasteiger partial charge in [-0.1, -0.05) is 6.92 Å². The van der Waals surface area contributed by atoms with Crippen molar-refractivity contribution in [1.82, 2.24) is 8.87 Å². The summed E-state index contributed by atoms with van der Waals surface area (Å²) < 4.78 is 29.6. The Morgan fingerprint density at radius 2 is 2.10 bits per heavy atom. The zero-order valence-corrected chi connectivity index (χ0v) is 14.2. The van der Waals surface area contributed by atoms with E-state index in [0.29, 0.717) is 29.3 Å². The molecule has 1 saturated heterocycles. The summed E-state index contributed by atoms with van der Waals surface area (Å²) in [5, 5.41) is 0.327. The Morgan fingerprint density at radius 3 is 2.71 bits per heavy atom. The minimum atomic E-state index is -3.42. The van der Waals surface area contributed by atoms with Crippen molar-refractivity contribution in [3.8, 4) is 0 Å². The lowest BCUT2D eigenvalue weighted by atomic mass is 10.2. The molecule has 118 valence electrons. The maximum absolute atomic E-state index is 12.9. The van der Waals surface area contributed by atoms with Gasteiger partial charge in [-0.15, -0.1) is 0 Å². The Hall–Kier alpha value is -0.500. The van der Waals surface area contributed by atoms with E-state index in [4.69, 9.17) is 5.73 Å². The molecule has 2 atom stereocenters. The summed E-state index contributed by atoms with van der Waals surface area (Å²) in [6, 6.07) is 2.23. The predicted octanol–water partition coefficient (Wildman–Crippen LogP) is 1.80. The van der Waals surface area contributed by atoms with Gasteiger partial charge in [0.1, 0.15) is 4.90 Å². The average molecular weight is 329 g/mol. The molecule has 2 fully saturated rings. The maximum atomic E-state index is 12.9. The van der Waals surface area contributed by atoms with Crippen molar-refractivity contribution in [2.75, 3.05) is 12.3 Å². The second-order valence-electron chi connectivity index (χ2n) is 5.94. The number of hydrogen-bond acceptors (Lipinski definition) is 4. The summed E-state index contributed by atoms with van der Waals surface area (Å²) in [6.45, 7) is 5.06. The average Bonchev–Trinajstić information content (AvgIpc) is 3.20. The topological polar surface area (TPSA) is 68.3 Å². The molecule has 0 spiro atoms. The summed E-state index contributed by atoms with van der Waals surface area (Å²) in [4.78, 5) is 0.404. The van der Waals surface area contributed by atoms with Gasteiger partial charge in [0.05, 0.1) is 0 Å². The fraction of sp³-hybridized carbons (Fsp3) is 0.714. The second kappa shape index (κ2) is 5.61. The van der Waals surface area contributed by atoms with E-state index in [0.717, 1.165) is 24.3 Å². The van der Waals surface area contributed by atoms with Gasteiger partial charge >= 0.3 is 0 Å². The molecule has 5 nitrogen and oxygen atoms in total. The Kier molecular flexibility index (Phi) is 4.11. The summed E-state index contributed by atoms with van der Waals surface area (Å²) in [5.41, 5.74) is 6.69. The van der Waals surface area contributed by atoms with Crippen LogP contribution in [0.15, 0.2) is 17.2 Å². The number of aromatic nitrogens is 1. The molecule has 0 aromatic carbocycles. The molecule has 1 saturated carbocycles. The fourth-order valence-corrected chi connectivity index (χ4v) is 5.92. The normalized spacial score (nSPS) is 28.0. The number of rotatable bonds is 4. The van der Waals surface area contributed by atoms with Crippen LogP contribution in [0, 0.1) is 0 Å². The van der Waals surface area contributed by atoms with Crippen LogP contribution in [0.2, 0.25) is 0 Å². The predicted molar refractivity (Wildman–Crippen MR) is 85.9 cm³/mol.